The maximum Gasteiger partial charge on any atom is 0.407 e. The number of hydrogen-bond donors (Lipinski definition) is 1. The second-order valence-electron chi connectivity index (χ2n) is 11.5. The van der Waals surface area contributed by atoms with Crippen molar-refractivity contribution >= 4 is 22.5 Å². The van der Waals surface area contributed by atoms with Crippen LogP contribution in [0.25, 0.3) is 0 Å². The van der Waals surface area contributed by atoms with E-state index in [0.29, 0.717) is 24.7 Å². The molecule has 0 aliphatic rings. The van der Waals surface area contributed by atoms with Crippen molar-refractivity contribution in [2.75, 3.05) is 13.2 Å². The highest BCUT2D eigenvalue weighted by molar-refractivity contribution is 6.83. The number of ether oxygens (including phenoxy) is 2. The lowest BCUT2D eigenvalue weighted by atomic mass is 10.2. The van der Waals surface area contributed by atoms with Gasteiger partial charge in [-0.1, -0.05) is 46.3 Å². The second-order valence-corrected chi connectivity index (χ2v) is 21.0. The topological polar surface area (TPSA) is 69.7 Å². The SMILES string of the molecule is CC(C)(C)OC(=O)NCc1ncc(C#C[Si](C)(C)C)cc1OCCO[Si](C)(C)C(C)(C)C. The van der Waals surface area contributed by atoms with Crippen molar-refractivity contribution in [2.24, 2.45) is 0 Å². The summed E-state index contributed by atoms with van der Waals surface area (Å²) in [6, 6.07) is 1.89. The normalized spacial score (nSPS) is 12.6. The van der Waals surface area contributed by atoms with Gasteiger partial charge in [0, 0.05) is 11.8 Å². The first-order valence-electron chi connectivity index (χ1n) is 11.2. The molecule has 1 amide bonds. The van der Waals surface area contributed by atoms with Crippen molar-refractivity contribution in [1.82, 2.24) is 10.3 Å². The zero-order chi connectivity index (χ0) is 24.8. The predicted octanol–water partition coefficient (Wildman–Crippen LogP) is 5.74. The Balaban J connectivity index is 2.94. The number of hydrogen-bond acceptors (Lipinski definition) is 5. The molecule has 1 aromatic heterocycles. The van der Waals surface area contributed by atoms with Crippen LogP contribution in [0.4, 0.5) is 4.79 Å². The first-order chi connectivity index (χ1) is 14.4. The molecule has 0 spiro atoms. The number of nitrogens with one attached hydrogen (secondary N) is 1. The standard InChI is InChI=1S/C24H42N2O4Si2/c1-23(2,3)30-22(27)26-18-20-21(16-19(17-25-20)12-15-31(7,8)9)28-13-14-29-32(10,11)24(4,5)6/h16-17H,13-14,18H2,1-11H3,(H,26,27). The fraction of sp³-hybridized carbons (Fsp3) is 0.667. The Kier molecular flexibility index (Phi) is 9.57. The number of carbonyl (C=O) groups is 1. The molecule has 6 nitrogen and oxygen atoms in total. The van der Waals surface area contributed by atoms with E-state index in [1.165, 1.54) is 0 Å². The van der Waals surface area contributed by atoms with Gasteiger partial charge in [-0.3, -0.25) is 4.98 Å². The van der Waals surface area contributed by atoms with Crippen LogP contribution in [0.3, 0.4) is 0 Å². The third-order valence-electron chi connectivity index (χ3n) is 4.92. The number of amides is 1. The van der Waals surface area contributed by atoms with Crippen LogP contribution < -0.4 is 10.1 Å². The van der Waals surface area contributed by atoms with Crippen LogP contribution in [0.5, 0.6) is 5.75 Å². The average molecular weight is 479 g/mol. The van der Waals surface area contributed by atoms with E-state index in [2.05, 4.69) is 75.3 Å². The van der Waals surface area contributed by atoms with E-state index >= 15 is 0 Å². The molecule has 0 atom stereocenters. The average Bonchev–Trinajstić information content (AvgIpc) is 2.59. The summed E-state index contributed by atoms with van der Waals surface area (Å²) in [6.07, 6.45) is 1.23. The van der Waals surface area contributed by atoms with Crippen molar-refractivity contribution in [2.45, 2.75) is 91.5 Å². The molecule has 0 radical (unpaired) electrons. The molecule has 180 valence electrons. The quantitative estimate of drug-likeness (QED) is 0.308. The van der Waals surface area contributed by atoms with E-state index in [0.717, 1.165) is 5.56 Å². The van der Waals surface area contributed by atoms with E-state index < -0.39 is 28.1 Å². The maximum absolute atomic E-state index is 12.1. The molecule has 0 saturated heterocycles. The van der Waals surface area contributed by atoms with E-state index in [-0.39, 0.29) is 11.6 Å². The molecule has 0 fully saturated rings. The van der Waals surface area contributed by atoms with E-state index in [1.807, 2.05) is 26.8 Å². The Morgan fingerprint density at radius 1 is 1.06 bits per heavy atom. The highest BCUT2D eigenvalue weighted by atomic mass is 28.4. The highest BCUT2D eigenvalue weighted by Crippen LogP contribution is 2.36. The van der Waals surface area contributed by atoms with Crippen molar-refractivity contribution in [3.8, 4) is 17.2 Å². The number of carbonyl (C=O) groups excluding carboxylic acids is 1. The Bertz CT molecular complexity index is 839. The molecular formula is C24H42N2O4Si2. The van der Waals surface area contributed by atoms with Gasteiger partial charge in [-0.15, -0.1) is 5.54 Å². The van der Waals surface area contributed by atoms with Gasteiger partial charge in [0.15, 0.2) is 8.32 Å². The lowest BCUT2D eigenvalue weighted by Crippen LogP contribution is -2.41. The van der Waals surface area contributed by atoms with Gasteiger partial charge in [0.2, 0.25) is 0 Å². The van der Waals surface area contributed by atoms with Gasteiger partial charge in [-0.2, -0.15) is 0 Å². The summed E-state index contributed by atoms with van der Waals surface area (Å²) in [4.78, 5) is 16.6. The monoisotopic (exact) mass is 478 g/mol. The summed E-state index contributed by atoms with van der Waals surface area (Å²) >= 11 is 0. The van der Waals surface area contributed by atoms with Crippen LogP contribution in [0.2, 0.25) is 37.8 Å². The van der Waals surface area contributed by atoms with Crippen molar-refractivity contribution < 1.29 is 18.7 Å². The number of aromatic nitrogens is 1. The van der Waals surface area contributed by atoms with Crippen LogP contribution in [0.15, 0.2) is 12.3 Å². The summed E-state index contributed by atoms with van der Waals surface area (Å²) in [6.45, 7) is 24.3. The fourth-order valence-electron chi connectivity index (χ4n) is 2.19. The molecule has 8 heteroatoms. The van der Waals surface area contributed by atoms with Crippen molar-refractivity contribution in [3.63, 3.8) is 0 Å². The minimum absolute atomic E-state index is 0.142. The number of alkyl carbamates (subject to hydrolysis) is 1. The molecule has 1 N–H and O–H groups in total. The van der Waals surface area contributed by atoms with Gasteiger partial charge < -0.3 is 19.2 Å². The first-order valence-corrected chi connectivity index (χ1v) is 17.6. The van der Waals surface area contributed by atoms with E-state index in [9.17, 15) is 4.79 Å². The lowest BCUT2D eigenvalue weighted by molar-refractivity contribution is 0.0522. The Labute approximate surface area is 197 Å². The third-order valence-corrected chi connectivity index (χ3v) is 10.3. The van der Waals surface area contributed by atoms with Gasteiger partial charge in [0.05, 0.1) is 13.2 Å². The van der Waals surface area contributed by atoms with Gasteiger partial charge >= 0.3 is 6.09 Å². The molecular weight excluding hydrogens is 436 g/mol. The summed E-state index contributed by atoms with van der Waals surface area (Å²) in [5.74, 6) is 3.81. The minimum atomic E-state index is -1.84. The van der Waals surface area contributed by atoms with Gasteiger partial charge in [-0.05, 0) is 45.0 Å². The summed E-state index contributed by atoms with van der Waals surface area (Å²) < 4.78 is 17.6. The van der Waals surface area contributed by atoms with E-state index in [1.54, 1.807) is 6.20 Å². The summed E-state index contributed by atoms with van der Waals surface area (Å²) in [5, 5.41) is 2.89. The van der Waals surface area contributed by atoms with Crippen molar-refractivity contribution in [1.29, 1.82) is 0 Å². The second kappa shape index (κ2) is 10.9. The molecule has 0 bridgehead atoms. The smallest absolute Gasteiger partial charge is 0.407 e. The molecule has 1 aromatic rings. The lowest BCUT2D eigenvalue weighted by Gasteiger charge is -2.36. The molecule has 0 aliphatic carbocycles. The zero-order valence-electron chi connectivity index (χ0n) is 21.9. The predicted molar refractivity (Wildman–Crippen MR) is 136 cm³/mol. The van der Waals surface area contributed by atoms with Crippen LogP contribution in [-0.4, -0.2) is 46.3 Å². The molecule has 0 aromatic carbocycles. The van der Waals surface area contributed by atoms with Crippen LogP contribution in [0.1, 0.15) is 52.8 Å². The van der Waals surface area contributed by atoms with Gasteiger partial charge in [-0.25, -0.2) is 4.79 Å². The zero-order valence-corrected chi connectivity index (χ0v) is 23.9. The molecule has 0 unspecified atom stereocenters. The van der Waals surface area contributed by atoms with Crippen molar-refractivity contribution in [3.05, 3.63) is 23.5 Å². The molecule has 0 saturated carbocycles. The summed E-state index contributed by atoms with van der Waals surface area (Å²) in [5.41, 5.74) is 4.21. The molecule has 32 heavy (non-hydrogen) atoms. The highest BCUT2D eigenvalue weighted by Gasteiger charge is 2.36. The van der Waals surface area contributed by atoms with Gasteiger partial charge in [0.25, 0.3) is 0 Å². The van der Waals surface area contributed by atoms with E-state index in [4.69, 9.17) is 13.9 Å². The van der Waals surface area contributed by atoms with Crippen LogP contribution in [0, 0.1) is 11.5 Å². The maximum atomic E-state index is 12.1. The van der Waals surface area contributed by atoms with Crippen LogP contribution in [-0.2, 0) is 15.7 Å². The van der Waals surface area contributed by atoms with Gasteiger partial charge in [0.1, 0.15) is 31.7 Å². The number of pyridine rings is 1. The molecule has 1 rings (SSSR count). The number of rotatable bonds is 7. The number of nitrogens with zero attached hydrogens (tertiary/aromatic N) is 1. The first kappa shape index (κ1) is 28.2. The Morgan fingerprint density at radius 2 is 1.69 bits per heavy atom. The molecule has 0 aliphatic heterocycles. The Hall–Kier alpha value is -1.83. The Morgan fingerprint density at radius 3 is 2.22 bits per heavy atom. The third kappa shape index (κ3) is 10.7. The minimum Gasteiger partial charge on any atom is -0.489 e. The van der Waals surface area contributed by atoms with Crippen LogP contribution >= 0.6 is 0 Å². The molecule has 1 heterocycles. The largest absolute Gasteiger partial charge is 0.489 e. The fourth-order valence-corrected chi connectivity index (χ4v) is 3.74. The summed E-state index contributed by atoms with van der Waals surface area (Å²) in [7, 11) is -3.35.